The van der Waals surface area contributed by atoms with Crippen LogP contribution >= 0.6 is 0 Å². The van der Waals surface area contributed by atoms with Crippen molar-refractivity contribution in [3.8, 4) is 5.69 Å². The molecule has 0 radical (unpaired) electrons. The second kappa shape index (κ2) is 8.21. The minimum atomic E-state index is -1.61. The van der Waals surface area contributed by atoms with Gasteiger partial charge in [-0.1, -0.05) is 6.07 Å². The number of nitrogens with one attached hydrogen (secondary N) is 2. The number of hydrogen-bond acceptors (Lipinski definition) is 6. The van der Waals surface area contributed by atoms with Gasteiger partial charge in [0.1, 0.15) is 11.1 Å². The highest BCUT2D eigenvalue weighted by molar-refractivity contribution is 5.77. The molecule has 0 amide bonds. The number of fused-ring (bicyclic) bond motifs is 2. The number of halogens is 1. The number of nitrogens with zero attached hydrogens (tertiary/aromatic N) is 5. The second-order valence-corrected chi connectivity index (χ2v) is 11.2. The van der Waals surface area contributed by atoms with Crippen molar-refractivity contribution in [1.29, 1.82) is 0 Å². The SMILES string of the molecule is Cc1cc2c(cc1Nc1ncc3c(=O)n(C4CC4)n(-c4ccnc(C(C)(C)F)c4)c3n1)CCNC2(C)C. The summed E-state index contributed by atoms with van der Waals surface area (Å²) >= 11 is 0. The van der Waals surface area contributed by atoms with Gasteiger partial charge in [-0.2, -0.15) is 4.98 Å². The monoisotopic (exact) mass is 501 g/mol. The molecule has 3 aromatic heterocycles. The first-order valence-electron chi connectivity index (χ1n) is 12.8. The first kappa shape index (κ1) is 23.8. The van der Waals surface area contributed by atoms with Gasteiger partial charge in [-0.25, -0.2) is 18.7 Å². The van der Waals surface area contributed by atoms with Crippen LogP contribution in [0.1, 0.15) is 69.0 Å². The maximum Gasteiger partial charge on any atom is 0.278 e. The summed E-state index contributed by atoms with van der Waals surface area (Å²) in [7, 11) is 0. The van der Waals surface area contributed by atoms with Gasteiger partial charge >= 0.3 is 0 Å². The van der Waals surface area contributed by atoms with Crippen molar-refractivity contribution in [2.75, 3.05) is 11.9 Å². The third kappa shape index (κ3) is 4.11. The Morgan fingerprint density at radius 1 is 1.19 bits per heavy atom. The van der Waals surface area contributed by atoms with Crippen molar-refractivity contribution in [2.24, 2.45) is 0 Å². The fourth-order valence-corrected chi connectivity index (χ4v) is 5.23. The van der Waals surface area contributed by atoms with Gasteiger partial charge in [0.2, 0.25) is 5.95 Å². The Hall–Kier alpha value is -3.59. The first-order chi connectivity index (χ1) is 17.5. The smallest absolute Gasteiger partial charge is 0.278 e. The third-order valence-electron chi connectivity index (χ3n) is 7.44. The molecule has 8 nitrogen and oxygen atoms in total. The number of anilines is 2. The Kier molecular flexibility index (Phi) is 5.28. The van der Waals surface area contributed by atoms with E-state index in [0.29, 0.717) is 28.4 Å². The summed E-state index contributed by atoms with van der Waals surface area (Å²) in [5, 5.41) is 7.41. The zero-order chi connectivity index (χ0) is 26.1. The van der Waals surface area contributed by atoms with Crippen LogP contribution in [0.2, 0.25) is 0 Å². The van der Waals surface area contributed by atoms with Crippen LogP contribution in [0.15, 0.2) is 41.5 Å². The molecule has 9 heteroatoms. The summed E-state index contributed by atoms with van der Waals surface area (Å²) < 4.78 is 18.3. The summed E-state index contributed by atoms with van der Waals surface area (Å²) in [5.74, 6) is 0.408. The maximum absolute atomic E-state index is 14.7. The molecule has 6 rings (SSSR count). The van der Waals surface area contributed by atoms with E-state index in [0.717, 1.165) is 37.1 Å². The number of hydrogen-bond donors (Lipinski definition) is 2. The van der Waals surface area contributed by atoms with Crippen molar-refractivity contribution in [3.63, 3.8) is 0 Å². The normalized spacial score (nSPS) is 17.1. The molecule has 0 atom stereocenters. The molecule has 1 aliphatic heterocycles. The highest BCUT2D eigenvalue weighted by Gasteiger charge is 2.32. The fraction of sp³-hybridized carbons (Fsp3) is 0.429. The molecule has 0 unspecified atom stereocenters. The molecule has 2 N–H and O–H groups in total. The number of aromatic nitrogens is 5. The van der Waals surface area contributed by atoms with E-state index in [1.807, 2.05) is 0 Å². The van der Waals surface area contributed by atoms with Crippen LogP contribution < -0.4 is 16.2 Å². The predicted molar refractivity (Wildman–Crippen MR) is 143 cm³/mol. The molecule has 37 heavy (non-hydrogen) atoms. The lowest BCUT2D eigenvalue weighted by molar-refractivity contribution is 0.214. The summed E-state index contributed by atoms with van der Waals surface area (Å²) in [5.41, 5.74) is 4.25. The summed E-state index contributed by atoms with van der Waals surface area (Å²) in [6, 6.07) is 7.97. The molecular weight excluding hydrogens is 469 g/mol. The first-order valence-corrected chi connectivity index (χ1v) is 12.8. The van der Waals surface area contributed by atoms with Gasteiger partial charge in [0.15, 0.2) is 5.65 Å². The molecule has 192 valence electrons. The molecule has 0 bridgehead atoms. The van der Waals surface area contributed by atoms with Crippen molar-refractivity contribution < 1.29 is 4.39 Å². The van der Waals surface area contributed by atoms with E-state index in [1.165, 1.54) is 25.0 Å². The molecule has 1 aromatic carbocycles. The maximum atomic E-state index is 14.7. The van der Waals surface area contributed by atoms with Gasteiger partial charge in [0.05, 0.1) is 17.4 Å². The predicted octanol–water partition coefficient (Wildman–Crippen LogP) is 4.95. The van der Waals surface area contributed by atoms with Crippen molar-refractivity contribution in [1.82, 2.24) is 29.6 Å². The van der Waals surface area contributed by atoms with Crippen LogP contribution in [0.3, 0.4) is 0 Å². The highest BCUT2D eigenvalue weighted by atomic mass is 19.1. The summed E-state index contributed by atoms with van der Waals surface area (Å²) in [4.78, 5) is 26.9. The number of rotatable bonds is 5. The zero-order valence-corrected chi connectivity index (χ0v) is 21.9. The Balaban J connectivity index is 1.47. The Morgan fingerprint density at radius 3 is 2.70 bits per heavy atom. The number of aryl methyl sites for hydroxylation is 1. The van der Waals surface area contributed by atoms with Gasteiger partial charge in [-0.3, -0.25) is 9.78 Å². The molecular formula is C28H32FN7O. The summed E-state index contributed by atoms with van der Waals surface area (Å²) in [6.07, 6.45) is 5.95. The Labute approximate surface area is 214 Å². The lowest BCUT2D eigenvalue weighted by atomic mass is 9.84. The van der Waals surface area contributed by atoms with Crippen molar-refractivity contribution in [3.05, 3.63) is 69.4 Å². The van der Waals surface area contributed by atoms with Crippen LogP contribution in [-0.4, -0.2) is 30.9 Å². The van der Waals surface area contributed by atoms with E-state index in [1.54, 1.807) is 33.9 Å². The van der Waals surface area contributed by atoms with Crippen LogP contribution in [0, 0.1) is 6.92 Å². The average Bonchev–Trinajstić information content (AvgIpc) is 3.63. The highest BCUT2D eigenvalue weighted by Crippen LogP contribution is 2.37. The van der Waals surface area contributed by atoms with E-state index in [9.17, 15) is 9.18 Å². The van der Waals surface area contributed by atoms with Crippen molar-refractivity contribution >= 4 is 22.7 Å². The molecule has 4 aromatic rings. The third-order valence-corrected chi connectivity index (χ3v) is 7.44. The van der Waals surface area contributed by atoms with E-state index in [4.69, 9.17) is 4.98 Å². The van der Waals surface area contributed by atoms with Crippen LogP contribution in [0.5, 0.6) is 0 Å². The fourth-order valence-electron chi connectivity index (χ4n) is 5.23. The van der Waals surface area contributed by atoms with E-state index < -0.39 is 5.67 Å². The van der Waals surface area contributed by atoms with Gasteiger partial charge < -0.3 is 10.6 Å². The molecule has 1 saturated carbocycles. The number of alkyl halides is 1. The van der Waals surface area contributed by atoms with Crippen LogP contribution in [0.25, 0.3) is 16.7 Å². The molecule has 0 spiro atoms. The minimum Gasteiger partial charge on any atom is -0.324 e. The quantitative estimate of drug-likeness (QED) is 0.402. The minimum absolute atomic E-state index is 0.0777. The lowest BCUT2D eigenvalue weighted by Gasteiger charge is -2.34. The van der Waals surface area contributed by atoms with E-state index in [2.05, 4.69) is 53.5 Å². The topological polar surface area (TPSA) is 89.7 Å². The standard InChI is InChI=1S/C28H32FN7O/c1-16-12-21-17(8-11-32-28(21,4)5)13-22(16)33-26-31-15-20-24(34-26)35(36(25(20)37)18-6-7-18)19-9-10-30-23(14-19)27(2,3)29/h9-10,12-15,18,32H,6-8,11H2,1-5H3,(H,31,33,34). The average molecular weight is 502 g/mol. The van der Waals surface area contributed by atoms with Gasteiger partial charge in [0.25, 0.3) is 5.56 Å². The second-order valence-electron chi connectivity index (χ2n) is 11.2. The molecule has 0 saturated heterocycles. The Morgan fingerprint density at radius 2 is 1.97 bits per heavy atom. The number of pyridine rings is 1. The van der Waals surface area contributed by atoms with Crippen LogP contribution in [0.4, 0.5) is 16.0 Å². The van der Waals surface area contributed by atoms with E-state index >= 15 is 0 Å². The van der Waals surface area contributed by atoms with E-state index in [-0.39, 0.29) is 17.1 Å². The van der Waals surface area contributed by atoms with Gasteiger partial charge in [-0.15, -0.1) is 0 Å². The lowest BCUT2D eigenvalue weighted by Crippen LogP contribution is -2.42. The molecule has 2 aliphatic rings. The van der Waals surface area contributed by atoms with Gasteiger partial charge in [-0.05, 0) is 95.3 Å². The molecule has 1 aliphatic carbocycles. The van der Waals surface area contributed by atoms with Crippen molar-refractivity contribution in [2.45, 2.75) is 71.1 Å². The van der Waals surface area contributed by atoms with Gasteiger partial charge in [0, 0.05) is 23.6 Å². The molecule has 4 heterocycles. The summed E-state index contributed by atoms with van der Waals surface area (Å²) in [6.45, 7) is 10.4. The molecule has 1 fully saturated rings. The van der Waals surface area contributed by atoms with Crippen LogP contribution in [-0.2, 0) is 17.6 Å². The Bertz CT molecular complexity index is 1590. The largest absolute Gasteiger partial charge is 0.324 e. The number of benzene rings is 1. The zero-order valence-electron chi connectivity index (χ0n) is 21.9.